The zero-order valence-corrected chi connectivity index (χ0v) is 13.8. The molecule has 1 aromatic carbocycles. The number of hydrogen-bond donors (Lipinski definition) is 2. The van der Waals surface area contributed by atoms with Gasteiger partial charge in [0.15, 0.2) is 0 Å². The van der Waals surface area contributed by atoms with Crippen molar-refractivity contribution in [2.75, 3.05) is 30.4 Å². The van der Waals surface area contributed by atoms with E-state index in [2.05, 4.69) is 68.5 Å². The van der Waals surface area contributed by atoms with E-state index in [0.29, 0.717) is 0 Å². The highest BCUT2D eigenvalue weighted by Gasteiger charge is 2.30. The van der Waals surface area contributed by atoms with E-state index in [1.54, 1.807) is 0 Å². The van der Waals surface area contributed by atoms with E-state index < -0.39 is 0 Å². The van der Waals surface area contributed by atoms with Crippen LogP contribution in [-0.4, -0.2) is 26.0 Å². The van der Waals surface area contributed by atoms with Gasteiger partial charge in [0.1, 0.15) is 6.04 Å². The summed E-state index contributed by atoms with van der Waals surface area (Å²) in [6.07, 6.45) is 1.02. The van der Waals surface area contributed by atoms with Crippen LogP contribution in [0.1, 0.15) is 45.7 Å². The first kappa shape index (κ1) is 15.8. The summed E-state index contributed by atoms with van der Waals surface area (Å²) < 4.78 is 0. The molecule has 0 aromatic heterocycles. The summed E-state index contributed by atoms with van der Waals surface area (Å²) >= 11 is 0. The van der Waals surface area contributed by atoms with Gasteiger partial charge in [0.2, 0.25) is 5.91 Å². The van der Waals surface area contributed by atoms with Crippen LogP contribution in [0.2, 0.25) is 0 Å². The smallest absolute Gasteiger partial charge is 0.246 e. The Labute approximate surface area is 127 Å². The zero-order valence-electron chi connectivity index (χ0n) is 13.8. The number of benzene rings is 1. The van der Waals surface area contributed by atoms with Crippen LogP contribution < -0.4 is 15.5 Å². The molecule has 4 heteroatoms. The number of nitrogens with one attached hydrogen (secondary N) is 2. The van der Waals surface area contributed by atoms with Gasteiger partial charge >= 0.3 is 0 Å². The molecule has 2 rings (SSSR count). The first-order valence-corrected chi connectivity index (χ1v) is 7.71. The minimum atomic E-state index is -0.207. The number of carbonyl (C=O) groups excluding carboxylic acids is 1. The van der Waals surface area contributed by atoms with Gasteiger partial charge < -0.3 is 15.5 Å². The number of rotatable bonds is 5. The molecule has 1 unspecified atom stereocenters. The summed E-state index contributed by atoms with van der Waals surface area (Å²) in [5.74, 6) is 0.0501. The second kappa shape index (κ2) is 6.06. The molecular weight excluding hydrogens is 262 g/mol. The van der Waals surface area contributed by atoms with E-state index in [-0.39, 0.29) is 17.4 Å². The second-order valence-corrected chi connectivity index (χ2v) is 7.06. The van der Waals surface area contributed by atoms with Gasteiger partial charge in [0.05, 0.1) is 0 Å². The Morgan fingerprint density at radius 3 is 2.67 bits per heavy atom. The molecule has 1 atom stereocenters. The van der Waals surface area contributed by atoms with Crippen molar-refractivity contribution in [3.63, 3.8) is 0 Å². The molecular formula is C17H27N3O. The molecule has 1 aliphatic rings. The van der Waals surface area contributed by atoms with E-state index in [9.17, 15) is 4.79 Å². The van der Waals surface area contributed by atoms with Crippen molar-refractivity contribution in [2.45, 2.75) is 40.2 Å². The molecule has 4 nitrogen and oxygen atoms in total. The van der Waals surface area contributed by atoms with E-state index >= 15 is 0 Å². The third kappa shape index (κ3) is 3.76. The van der Waals surface area contributed by atoms with E-state index in [1.165, 1.54) is 0 Å². The van der Waals surface area contributed by atoms with Crippen LogP contribution in [0, 0.1) is 5.41 Å². The Hall–Kier alpha value is -1.55. The fourth-order valence-corrected chi connectivity index (χ4v) is 2.78. The number of anilines is 2. The molecule has 1 aromatic rings. The molecule has 1 amide bonds. The molecule has 0 radical (unpaired) electrons. The van der Waals surface area contributed by atoms with Crippen molar-refractivity contribution in [2.24, 2.45) is 5.41 Å². The maximum atomic E-state index is 12.1. The molecule has 1 heterocycles. The summed E-state index contributed by atoms with van der Waals surface area (Å²) in [7, 11) is 2.09. The molecule has 0 bridgehead atoms. The summed E-state index contributed by atoms with van der Waals surface area (Å²) in [5.41, 5.74) is 3.37. The SMILES string of the molecule is CCCNC1C(=O)Nc2cc(N(C)CC(C)(C)C)ccc21. The average Bonchev–Trinajstić information content (AvgIpc) is 2.69. The molecule has 116 valence electrons. The predicted molar refractivity (Wildman–Crippen MR) is 88.8 cm³/mol. The number of fused-ring (bicyclic) bond motifs is 1. The van der Waals surface area contributed by atoms with Crippen LogP contribution in [0.5, 0.6) is 0 Å². The summed E-state index contributed by atoms with van der Waals surface area (Å²) in [5, 5.41) is 6.28. The van der Waals surface area contributed by atoms with Crippen molar-refractivity contribution in [1.82, 2.24) is 5.32 Å². The quantitative estimate of drug-likeness (QED) is 0.875. The standard InChI is InChI=1S/C17H27N3O/c1-6-9-18-15-13-8-7-12(10-14(13)19-16(15)21)20(5)11-17(2,3)4/h7-8,10,15,18H,6,9,11H2,1-5H3,(H,19,21). The average molecular weight is 289 g/mol. The van der Waals surface area contributed by atoms with E-state index in [0.717, 1.165) is 36.4 Å². The molecule has 0 spiro atoms. The summed E-state index contributed by atoms with van der Waals surface area (Å²) in [6.45, 7) is 10.6. The fourth-order valence-electron chi connectivity index (χ4n) is 2.78. The summed E-state index contributed by atoms with van der Waals surface area (Å²) in [4.78, 5) is 14.3. The van der Waals surface area contributed by atoms with Crippen molar-refractivity contribution in [3.8, 4) is 0 Å². The first-order chi connectivity index (χ1) is 9.81. The number of nitrogens with zero attached hydrogens (tertiary/aromatic N) is 1. The molecule has 0 fully saturated rings. The van der Waals surface area contributed by atoms with Crippen LogP contribution in [0.3, 0.4) is 0 Å². The maximum absolute atomic E-state index is 12.1. The van der Waals surface area contributed by atoms with Crippen molar-refractivity contribution < 1.29 is 4.79 Å². The number of amides is 1. The number of carbonyl (C=O) groups is 1. The Balaban J connectivity index is 2.18. The van der Waals surface area contributed by atoms with Gasteiger partial charge in [-0.2, -0.15) is 0 Å². The number of hydrogen-bond acceptors (Lipinski definition) is 3. The lowest BCUT2D eigenvalue weighted by Crippen LogP contribution is -2.29. The normalized spacial score (nSPS) is 17.6. The van der Waals surface area contributed by atoms with Crippen LogP contribution in [0.4, 0.5) is 11.4 Å². The Bertz CT molecular complexity index is 519. The van der Waals surface area contributed by atoms with Crippen molar-refractivity contribution in [3.05, 3.63) is 23.8 Å². The zero-order chi connectivity index (χ0) is 15.6. The first-order valence-electron chi connectivity index (χ1n) is 7.71. The van der Waals surface area contributed by atoms with Gasteiger partial charge in [-0.15, -0.1) is 0 Å². The maximum Gasteiger partial charge on any atom is 0.246 e. The molecule has 1 aliphatic heterocycles. The van der Waals surface area contributed by atoms with Crippen LogP contribution in [0.15, 0.2) is 18.2 Å². The Morgan fingerprint density at radius 2 is 2.05 bits per heavy atom. The Morgan fingerprint density at radius 1 is 1.33 bits per heavy atom. The monoisotopic (exact) mass is 289 g/mol. The highest BCUT2D eigenvalue weighted by atomic mass is 16.2. The highest BCUT2D eigenvalue weighted by Crippen LogP contribution is 2.34. The largest absolute Gasteiger partial charge is 0.374 e. The third-order valence-corrected chi connectivity index (χ3v) is 3.62. The van der Waals surface area contributed by atoms with Gasteiger partial charge in [0.25, 0.3) is 0 Å². The molecule has 2 N–H and O–H groups in total. The van der Waals surface area contributed by atoms with Gasteiger partial charge in [-0.3, -0.25) is 4.79 Å². The fraction of sp³-hybridized carbons (Fsp3) is 0.588. The predicted octanol–water partition coefficient (Wildman–Crippen LogP) is 3.16. The lowest BCUT2D eigenvalue weighted by Gasteiger charge is -2.28. The minimum absolute atomic E-state index is 0.0501. The third-order valence-electron chi connectivity index (χ3n) is 3.62. The molecule has 21 heavy (non-hydrogen) atoms. The summed E-state index contributed by atoms with van der Waals surface area (Å²) in [6, 6.07) is 6.04. The van der Waals surface area contributed by atoms with Gasteiger partial charge in [0, 0.05) is 30.5 Å². The van der Waals surface area contributed by atoms with Crippen molar-refractivity contribution in [1.29, 1.82) is 0 Å². The molecule has 0 saturated carbocycles. The van der Waals surface area contributed by atoms with Gasteiger partial charge in [-0.05, 0) is 30.5 Å². The lowest BCUT2D eigenvalue weighted by atomic mass is 9.96. The van der Waals surface area contributed by atoms with Crippen molar-refractivity contribution >= 4 is 17.3 Å². The second-order valence-electron chi connectivity index (χ2n) is 7.06. The van der Waals surface area contributed by atoms with E-state index in [1.807, 2.05) is 0 Å². The van der Waals surface area contributed by atoms with Gasteiger partial charge in [-0.25, -0.2) is 0 Å². The van der Waals surface area contributed by atoms with Gasteiger partial charge in [-0.1, -0.05) is 33.8 Å². The van der Waals surface area contributed by atoms with E-state index in [4.69, 9.17) is 0 Å². The highest BCUT2D eigenvalue weighted by molar-refractivity contribution is 6.03. The Kier molecular flexibility index (Phi) is 4.57. The van der Waals surface area contributed by atoms with Crippen LogP contribution in [0.25, 0.3) is 0 Å². The molecule has 0 aliphatic carbocycles. The van der Waals surface area contributed by atoms with Crippen LogP contribution >= 0.6 is 0 Å². The molecule has 0 saturated heterocycles. The van der Waals surface area contributed by atoms with Crippen LogP contribution in [-0.2, 0) is 4.79 Å². The topological polar surface area (TPSA) is 44.4 Å². The lowest BCUT2D eigenvalue weighted by molar-refractivity contribution is -0.117. The minimum Gasteiger partial charge on any atom is -0.374 e.